The van der Waals surface area contributed by atoms with Crippen LogP contribution in [0.1, 0.15) is 5.56 Å². The monoisotopic (exact) mass is 235 g/mol. The molecular formula is C10H12NY-. The molecule has 0 bridgehead atoms. The van der Waals surface area contributed by atoms with Crippen LogP contribution >= 0.6 is 0 Å². The molecule has 0 aliphatic carbocycles. The summed E-state index contributed by atoms with van der Waals surface area (Å²) in [7, 11) is 0. The van der Waals surface area contributed by atoms with E-state index in [1.165, 1.54) is 5.56 Å². The molecule has 1 aliphatic heterocycles. The summed E-state index contributed by atoms with van der Waals surface area (Å²) in [6.07, 6.45) is 1.16. The molecule has 1 aromatic carbocycles. The molecule has 0 saturated carbocycles. The van der Waals surface area contributed by atoms with Crippen molar-refractivity contribution < 1.29 is 32.7 Å². The van der Waals surface area contributed by atoms with Gasteiger partial charge in [-0.25, -0.2) is 0 Å². The maximum absolute atomic E-state index is 3.24. The van der Waals surface area contributed by atoms with Crippen molar-refractivity contribution in [2.24, 2.45) is 0 Å². The zero-order valence-corrected chi connectivity index (χ0v) is 9.92. The van der Waals surface area contributed by atoms with E-state index in [0.29, 0.717) is 0 Å². The smallest absolute Gasteiger partial charge is 0 e. The molecule has 0 spiro atoms. The minimum atomic E-state index is 0. The van der Waals surface area contributed by atoms with Crippen molar-refractivity contribution in [1.29, 1.82) is 0 Å². The molecule has 0 aromatic heterocycles. The van der Waals surface area contributed by atoms with Gasteiger partial charge in [0.1, 0.15) is 0 Å². The van der Waals surface area contributed by atoms with Gasteiger partial charge in [0.05, 0.1) is 0 Å². The van der Waals surface area contributed by atoms with Gasteiger partial charge in [0.15, 0.2) is 0 Å². The average molecular weight is 235 g/mol. The van der Waals surface area contributed by atoms with E-state index in [0.717, 1.165) is 19.5 Å². The summed E-state index contributed by atoms with van der Waals surface area (Å²) < 4.78 is 0. The number of rotatable bonds is 2. The topological polar surface area (TPSA) is 12.0 Å². The Kier molecular flexibility index (Phi) is 4.41. The zero-order valence-electron chi connectivity index (χ0n) is 7.09. The van der Waals surface area contributed by atoms with Crippen LogP contribution in [-0.2, 0) is 39.1 Å². The third kappa shape index (κ3) is 2.65. The Hall–Kier alpha value is 0.284. The minimum absolute atomic E-state index is 0. The van der Waals surface area contributed by atoms with Gasteiger partial charge in [0, 0.05) is 32.7 Å². The van der Waals surface area contributed by atoms with Gasteiger partial charge in [0.2, 0.25) is 0 Å². The van der Waals surface area contributed by atoms with Gasteiger partial charge in [-0.2, -0.15) is 0 Å². The summed E-state index contributed by atoms with van der Waals surface area (Å²) in [5.41, 5.74) is 1.43. The third-order valence-electron chi connectivity index (χ3n) is 2.05. The van der Waals surface area contributed by atoms with Crippen LogP contribution in [0.15, 0.2) is 30.3 Å². The van der Waals surface area contributed by atoms with Crippen LogP contribution in [0.25, 0.3) is 0 Å². The molecule has 12 heavy (non-hydrogen) atoms. The second kappa shape index (κ2) is 5.11. The van der Waals surface area contributed by atoms with Gasteiger partial charge in [-0.15, -0.1) is 19.5 Å². The largest absolute Gasteiger partial charge is 0.375 e. The maximum Gasteiger partial charge on any atom is 0 e. The molecule has 61 valence electrons. The summed E-state index contributed by atoms with van der Waals surface area (Å²) in [5.74, 6) is 1.62. The van der Waals surface area contributed by atoms with Crippen molar-refractivity contribution in [2.75, 3.05) is 13.1 Å². The number of hydrogen-bond donors (Lipinski definition) is 1. The first kappa shape index (κ1) is 10.4. The van der Waals surface area contributed by atoms with E-state index >= 15 is 0 Å². The van der Waals surface area contributed by atoms with Crippen LogP contribution < -0.4 is 5.32 Å². The number of nitrogens with one attached hydrogen (secondary N) is 1. The molecule has 0 atom stereocenters. The summed E-state index contributed by atoms with van der Waals surface area (Å²) in [4.78, 5) is 0. The van der Waals surface area contributed by atoms with E-state index in [1.807, 2.05) is 0 Å². The summed E-state index contributed by atoms with van der Waals surface area (Å²) in [6.45, 7) is 2.24. The number of benzene rings is 1. The molecule has 2 rings (SSSR count). The molecule has 1 aromatic rings. The predicted octanol–water partition coefficient (Wildman–Crippen LogP) is 1.40. The quantitative estimate of drug-likeness (QED) is 0.764. The molecule has 2 heteroatoms. The molecule has 0 amide bonds. The van der Waals surface area contributed by atoms with Crippen LogP contribution in [-0.4, -0.2) is 13.1 Å². The minimum Gasteiger partial charge on any atom is -0.375 e. The van der Waals surface area contributed by atoms with Crippen molar-refractivity contribution in [1.82, 2.24) is 5.32 Å². The van der Waals surface area contributed by atoms with E-state index in [1.54, 1.807) is 5.92 Å². The Morgan fingerprint density at radius 2 is 1.83 bits per heavy atom. The first-order valence-corrected chi connectivity index (χ1v) is 4.03. The third-order valence-corrected chi connectivity index (χ3v) is 2.05. The second-order valence-electron chi connectivity index (χ2n) is 3.02. The Labute approximate surface area is 98.8 Å². The fraction of sp³-hybridized carbons (Fsp3) is 0.300. The normalized spacial score (nSPS) is 16.3. The first-order valence-electron chi connectivity index (χ1n) is 4.03. The first-order chi connectivity index (χ1) is 5.45. The molecule has 1 saturated heterocycles. The van der Waals surface area contributed by atoms with Crippen LogP contribution in [0, 0.1) is 5.92 Å². The fourth-order valence-corrected chi connectivity index (χ4v) is 1.31. The van der Waals surface area contributed by atoms with E-state index in [9.17, 15) is 0 Å². The Balaban J connectivity index is 0.000000720. The van der Waals surface area contributed by atoms with Gasteiger partial charge in [0.25, 0.3) is 0 Å². The Morgan fingerprint density at radius 1 is 1.17 bits per heavy atom. The summed E-state index contributed by atoms with van der Waals surface area (Å²) in [6, 6.07) is 10.6. The second-order valence-corrected chi connectivity index (χ2v) is 3.02. The average Bonchev–Trinajstić information content (AvgIpc) is 1.99. The molecule has 1 nitrogen and oxygen atoms in total. The molecule has 1 N–H and O–H groups in total. The molecule has 1 aliphatic rings. The fourth-order valence-electron chi connectivity index (χ4n) is 1.31. The van der Waals surface area contributed by atoms with E-state index in [2.05, 4.69) is 35.6 Å². The van der Waals surface area contributed by atoms with Gasteiger partial charge in [-0.1, -0.05) is 35.9 Å². The van der Waals surface area contributed by atoms with Crippen molar-refractivity contribution in [3.63, 3.8) is 0 Å². The van der Waals surface area contributed by atoms with E-state index in [-0.39, 0.29) is 32.7 Å². The molecule has 1 radical (unpaired) electrons. The van der Waals surface area contributed by atoms with Gasteiger partial charge in [-0.05, 0) is 0 Å². The number of hydrogen-bond acceptors (Lipinski definition) is 1. The molecule has 1 fully saturated rings. The van der Waals surface area contributed by atoms with Gasteiger partial charge >= 0.3 is 0 Å². The predicted molar refractivity (Wildman–Crippen MR) is 46.3 cm³/mol. The molecule has 1 heterocycles. The molecular weight excluding hydrogens is 223 g/mol. The summed E-state index contributed by atoms with van der Waals surface area (Å²) in [5, 5.41) is 3.24. The van der Waals surface area contributed by atoms with Crippen molar-refractivity contribution >= 4 is 0 Å². The van der Waals surface area contributed by atoms with Gasteiger partial charge in [-0.3, -0.25) is 5.92 Å². The summed E-state index contributed by atoms with van der Waals surface area (Å²) >= 11 is 0. The van der Waals surface area contributed by atoms with E-state index < -0.39 is 0 Å². The van der Waals surface area contributed by atoms with Crippen molar-refractivity contribution in [3.05, 3.63) is 41.8 Å². The van der Waals surface area contributed by atoms with Crippen LogP contribution in [0.4, 0.5) is 0 Å². The van der Waals surface area contributed by atoms with Crippen molar-refractivity contribution in [3.8, 4) is 0 Å². The van der Waals surface area contributed by atoms with Crippen LogP contribution in [0.5, 0.6) is 0 Å². The standard InChI is InChI=1S/C10H12N.Y/c1-2-4-9(5-3-1)6-10-7-11-8-10;/h1-5,11H,6-8H2;/q-1;. The van der Waals surface area contributed by atoms with E-state index in [4.69, 9.17) is 0 Å². The zero-order chi connectivity index (χ0) is 7.52. The maximum atomic E-state index is 3.24. The Bertz CT molecular complexity index is 219. The van der Waals surface area contributed by atoms with Gasteiger partial charge < -0.3 is 5.32 Å². The van der Waals surface area contributed by atoms with Crippen LogP contribution in [0.2, 0.25) is 0 Å². The van der Waals surface area contributed by atoms with Crippen molar-refractivity contribution in [2.45, 2.75) is 6.42 Å². The molecule has 0 unspecified atom stereocenters. The Morgan fingerprint density at radius 3 is 2.33 bits per heavy atom. The van der Waals surface area contributed by atoms with Crippen LogP contribution in [0.3, 0.4) is 0 Å². The SMILES string of the molecule is [Y].c1ccc(C[C-]2CNC2)cc1.